The van der Waals surface area contributed by atoms with Crippen molar-refractivity contribution in [2.24, 2.45) is 0 Å². The second-order valence-corrected chi connectivity index (χ2v) is 8.06. The van der Waals surface area contributed by atoms with Crippen molar-refractivity contribution in [2.75, 3.05) is 11.5 Å². The summed E-state index contributed by atoms with van der Waals surface area (Å²) in [6.07, 6.45) is 10.9. The van der Waals surface area contributed by atoms with Gasteiger partial charge in [-0.25, -0.2) is 4.98 Å². The number of hydrogen-bond acceptors (Lipinski definition) is 3. The van der Waals surface area contributed by atoms with E-state index < -0.39 is 0 Å². The van der Waals surface area contributed by atoms with Gasteiger partial charge in [0, 0.05) is 28.2 Å². The zero-order chi connectivity index (χ0) is 17.9. The van der Waals surface area contributed by atoms with E-state index in [9.17, 15) is 0 Å². The van der Waals surface area contributed by atoms with Crippen LogP contribution >= 0.6 is 35.0 Å². The molecule has 2 aromatic rings. The van der Waals surface area contributed by atoms with Crippen LogP contribution in [0.3, 0.4) is 0 Å². The summed E-state index contributed by atoms with van der Waals surface area (Å²) in [5, 5.41) is 1.30. The number of nitrogens with zero attached hydrogens (tertiary/aromatic N) is 2. The summed E-state index contributed by atoms with van der Waals surface area (Å²) in [4.78, 5) is 4.11. The molecule has 0 spiro atoms. The Labute approximate surface area is 165 Å². The zero-order valence-corrected chi connectivity index (χ0v) is 17.0. The van der Waals surface area contributed by atoms with Gasteiger partial charge in [-0.2, -0.15) is 11.8 Å². The standard InChI is InChI=1S/C19H26Cl2N2OS/c1-2-3-4-5-10-25-14-18(12-23-9-8-22-15-23)24-13-16-6-7-17(20)11-19(16)21/h6-9,11,15,18H,2-5,10,12-14H2,1H3. The predicted octanol–water partition coefficient (Wildman–Crippen LogP) is 6.09. The van der Waals surface area contributed by atoms with E-state index in [1.54, 1.807) is 12.3 Å². The topological polar surface area (TPSA) is 27.1 Å². The molecule has 3 nitrogen and oxygen atoms in total. The Morgan fingerprint density at radius 1 is 1.24 bits per heavy atom. The summed E-state index contributed by atoms with van der Waals surface area (Å²) in [6, 6.07) is 5.53. The lowest BCUT2D eigenvalue weighted by Crippen LogP contribution is -2.22. The molecule has 0 N–H and O–H groups in total. The van der Waals surface area contributed by atoms with Gasteiger partial charge in [0.05, 0.1) is 25.6 Å². The number of rotatable bonds is 12. The second-order valence-electron chi connectivity index (χ2n) is 6.06. The fourth-order valence-corrected chi connectivity index (χ4v) is 3.98. The fraction of sp³-hybridized carbons (Fsp3) is 0.526. The first-order valence-corrected chi connectivity index (χ1v) is 10.7. The third-order valence-corrected chi connectivity index (χ3v) is 5.68. The van der Waals surface area contributed by atoms with Crippen LogP contribution in [0.4, 0.5) is 0 Å². The maximum atomic E-state index is 6.25. The minimum atomic E-state index is 0.122. The van der Waals surface area contributed by atoms with E-state index in [1.165, 1.54) is 31.4 Å². The molecule has 0 aliphatic rings. The Morgan fingerprint density at radius 3 is 2.84 bits per heavy atom. The van der Waals surface area contributed by atoms with Crippen molar-refractivity contribution in [1.82, 2.24) is 9.55 Å². The van der Waals surface area contributed by atoms with Crippen LogP contribution in [0.2, 0.25) is 10.0 Å². The van der Waals surface area contributed by atoms with Gasteiger partial charge in [-0.1, -0.05) is 55.5 Å². The quantitative estimate of drug-likeness (QED) is 0.403. The third kappa shape index (κ3) is 8.04. The molecule has 25 heavy (non-hydrogen) atoms. The third-order valence-electron chi connectivity index (χ3n) is 3.91. The molecule has 0 amide bonds. The normalized spacial score (nSPS) is 12.4. The number of aromatic nitrogens is 2. The molecule has 0 aliphatic heterocycles. The van der Waals surface area contributed by atoms with Gasteiger partial charge in [0.15, 0.2) is 0 Å². The first-order valence-electron chi connectivity index (χ1n) is 8.78. The van der Waals surface area contributed by atoms with Crippen LogP contribution in [-0.4, -0.2) is 27.2 Å². The monoisotopic (exact) mass is 400 g/mol. The molecule has 0 saturated carbocycles. The summed E-state index contributed by atoms with van der Waals surface area (Å²) in [6.45, 7) is 3.53. The largest absolute Gasteiger partial charge is 0.371 e. The van der Waals surface area contributed by atoms with E-state index in [1.807, 2.05) is 36.4 Å². The molecule has 0 fully saturated rings. The number of hydrogen-bond donors (Lipinski definition) is 0. The van der Waals surface area contributed by atoms with Crippen LogP contribution < -0.4 is 0 Å². The van der Waals surface area contributed by atoms with Crippen molar-refractivity contribution in [3.8, 4) is 0 Å². The summed E-state index contributed by atoms with van der Waals surface area (Å²) in [7, 11) is 0. The van der Waals surface area contributed by atoms with Crippen molar-refractivity contribution in [3.63, 3.8) is 0 Å². The highest BCUT2D eigenvalue weighted by Crippen LogP contribution is 2.22. The highest BCUT2D eigenvalue weighted by molar-refractivity contribution is 7.99. The Bertz CT molecular complexity index is 607. The molecule has 1 heterocycles. The van der Waals surface area contributed by atoms with E-state index in [0.717, 1.165) is 17.9 Å². The van der Waals surface area contributed by atoms with Gasteiger partial charge in [-0.15, -0.1) is 0 Å². The van der Waals surface area contributed by atoms with E-state index in [0.29, 0.717) is 16.7 Å². The molecule has 1 unspecified atom stereocenters. The van der Waals surface area contributed by atoms with E-state index >= 15 is 0 Å². The van der Waals surface area contributed by atoms with Gasteiger partial charge >= 0.3 is 0 Å². The van der Waals surface area contributed by atoms with Gasteiger partial charge in [0.2, 0.25) is 0 Å². The molecular weight excluding hydrogens is 375 g/mol. The number of ether oxygens (including phenoxy) is 1. The van der Waals surface area contributed by atoms with Gasteiger partial charge in [0.1, 0.15) is 0 Å². The maximum Gasteiger partial charge on any atom is 0.0946 e. The molecule has 6 heteroatoms. The van der Waals surface area contributed by atoms with Crippen molar-refractivity contribution < 1.29 is 4.74 Å². The lowest BCUT2D eigenvalue weighted by atomic mass is 10.2. The SMILES string of the molecule is CCCCCCSCC(Cn1ccnc1)OCc1ccc(Cl)cc1Cl. The van der Waals surface area contributed by atoms with Crippen molar-refractivity contribution in [3.05, 3.63) is 52.5 Å². The van der Waals surface area contributed by atoms with Crippen molar-refractivity contribution >= 4 is 35.0 Å². The van der Waals surface area contributed by atoms with Crippen LogP contribution in [0.1, 0.15) is 38.2 Å². The summed E-state index contributed by atoms with van der Waals surface area (Å²) >= 11 is 14.2. The molecule has 1 atom stereocenters. The maximum absolute atomic E-state index is 6.25. The Balaban J connectivity index is 1.83. The minimum absolute atomic E-state index is 0.122. The van der Waals surface area contributed by atoms with Crippen LogP contribution in [0.5, 0.6) is 0 Å². The van der Waals surface area contributed by atoms with E-state index in [2.05, 4.69) is 16.5 Å². The number of unbranched alkanes of at least 4 members (excludes halogenated alkanes) is 3. The van der Waals surface area contributed by atoms with Crippen LogP contribution in [0.15, 0.2) is 36.9 Å². The van der Waals surface area contributed by atoms with Gasteiger partial charge < -0.3 is 9.30 Å². The minimum Gasteiger partial charge on any atom is -0.371 e. The molecule has 138 valence electrons. The number of halogens is 2. The van der Waals surface area contributed by atoms with Gasteiger partial charge in [-0.05, 0) is 29.9 Å². The molecule has 0 saturated heterocycles. The molecule has 0 bridgehead atoms. The summed E-state index contributed by atoms with van der Waals surface area (Å²) < 4.78 is 8.21. The second kappa shape index (κ2) is 11.8. The highest BCUT2D eigenvalue weighted by Gasteiger charge is 2.12. The highest BCUT2D eigenvalue weighted by atomic mass is 35.5. The number of imidazole rings is 1. The van der Waals surface area contributed by atoms with Gasteiger partial charge in [0.25, 0.3) is 0 Å². The number of benzene rings is 1. The molecule has 1 aromatic carbocycles. The average molecular weight is 401 g/mol. The Morgan fingerprint density at radius 2 is 2.12 bits per heavy atom. The molecule has 2 rings (SSSR count). The fourth-order valence-electron chi connectivity index (χ4n) is 2.48. The van der Waals surface area contributed by atoms with Crippen molar-refractivity contribution in [1.29, 1.82) is 0 Å². The molecule has 0 aliphatic carbocycles. The molecule has 0 radical (unpaired) electrons. The Kier molecular flexibility index (Phi) is 9.77. The first kappa shape index (κ1) is 20.6. The zero-order valence-electron chi connectivity index (χ0n) is 14.7. The van der Waals surface area contributed by atoms with E-state index in [-0.39, 0.29) is 6.10 Å². The number of thioether (sulfide) groups is 1. The molecular formula is C19H26Cl2N2OS. The lowest BCUT2D eigenvalue weighted by Gasteiger charge is -2.19. The average Bonchev–Trinajstić information content (AvgIpc) is 3.09. The lowest BCUT2D eigenvalue weighted by molar-refractivity contribution is 0.0451. The van der Waals surface area contributed by atoms with Crippen LogP contribution in [0, 0.1) is 0 Å². The smallest absolute Gasteiger partial charge is 0.0946 e. The predicted molar refractivity (Wildman–Crippen MR) is 109 cm³/mol. The Hall–Kier alpha value is -0.680. The van der Waals surface area contributed by atoms with Crippen LogP contribution in [0.25, 0.3) is 0 Å². The van der Waals surface area contributed by atoms with Gasteiger partial charge in [-0.3, -0.25) is 0 Å². The van der Waals surface area contributed by atoms with Crippen LogP contribution in [-0.2, 0) is 17.9 Å². The first-order chi connectivity index (χ1) is 12.2. The molecule has 1 aromatic heterocycles. The summed E-state index contributed by atoms with van der Waals surface area (Å²) in [5.41, 5.74) is 0.967. The van der Waals surface area contributed by atoms with E-state index in [4.69, 9.17) is 27.9 Å². The van der Waals surface area contributed by atoms with Crippen molar-refractivity contribution in [2.45, 2.75) is 51.9 Å². The summed E-state index contributed by atoms with van der Waals surface area (Å²) in [5.74, 6) is 2.15.